The number of piperazine rings is 1. The predicted octanol–water partition coefficient (Wildman–Crippen LogP) is 3.84. The average molecular weight is 566 g/mol. The zero-order valence-electron chi connectivity index (χ0n) is 21.9. The molecule has 5 rings (SSSR count). The van der Waals surface area contributed by atoms with Crippen LogP contribution in [-0.4, -0.2) is 67.5 Å². The fourth-order valence-electron chi connectivity index (χ4n) is 4.48. The topological polar surface area (TPSA) is 121 Å². The maximum atomic E-state index is 15.1. The third-order valence-electron chi connectivity index (χ3n) is 6.64. The van der Waals surface area contributed by atoms with Crippen LogP contribution in [0.5, 0.6) is 0 Å². The molecule has 1 amide bonds. The van der Waals surface area contributed by atoms with Crippen LogP contribution >= 0.6 is 11.6 Å². The van der Waals surface area contributed by atoms with Crippen LogP contribution in [0.2, 0.25) is 5.02 Å². The third-order valence-corrected chi connectivity index (χ3v) is 6.89. The quantitative estimate of drug-likeness (QED) is 0.255. The number of amides is 1. The largest absolute Gasteiger partial charge is 0.455 e. The van der Waals surface area contributed by atoms with Crippen molar-refractivity contribution in [1.82, 2.24) is 10.2 Å². The van der Waals surface area contributed by atoms with E-state index in [1.807, 2.05) is 34.1 Å². The van der Waals surface area contributed by atoms with Gasteiger partial charge in [-0.3, -0.25) is 4.79 Å². The number of oxime groups is 1. The fraction of sp³-hybridized carbons (Fsp3) is 0.286. The van der Waals surface area contributed by atoms with Crippen molar-refractivity contribution in [1.29, 1.82) is 0 Å². The highest BCUT2D eigenvalue weighted by Crippen LogP contribution is 2.25. The number of halogens is 2. The van der Waals surface area contributed by atoms with Crippen molar-refractivity contribution in [3.63, 3.8) is 0 Å². The number of anilines is 1. The normalized spacial score (nSPS) is 17.7. The first-order chi connectivity index (χ1) is 19.4. The summed E-state index contributed by atoms with van der Waals surface area (Å²) in [7, 11) is 0. The monoisotopic (exact) mass is 565 g/mol. The molecule has 3 heterocycles. The first-order valence-corrected chi connectivity index (χ1v) is 13.2. The van der Waals surface area contributed by atoms with Crippen LogP contribution in [0.3, 0.4) is 0 Å². The summed E-state index contributed by atoms with van der Waals surface area (Å²) in [6.07, 6.45) is 1.75. The fourth-order valence-corrected chi connectivity index (χ4v) is 4.61. The summed E-state index contributed by atoms with van der Waals surface area (Å²) >= 11 is 5.94. The first kappa shape index (κ1) is 27.2. The van der Waals surface area contributed by atoms with E-state index in [1.54, 1.807) is 24.3 Å². The van der Waals surface area contributed by atoms with Crippen molar-refractivity contribution >= 4 is 41.1 Å². The van der Waals surface area contributed by atoms with E-state index >= 15 is 4.39 Å². The molecule has 3 aromatic rings. The SMILES string of the molecule is CC(=O)NCC1CC(c2ccc(N3CCN(/C(N)=N/N=Cc4ccc(-c5ccc(Cl)cc5)o4)CC3)c(F)c2)=NO1. The minimum atomic E-state index is -0.332. The summed E-state index contributed by atoms with van der Waals surface area (Å²) in [5, 5.41) is 15.6. The molecular formula is C28H29ClFN7O3. The Labute approximate surface area is 235 Å². The van der Waals surface area contributed by atoms with Crippen LogP contribution < -0.4 is 16.0 Å². The highest BCUT2D eigenvalue weighted by atomic mass is 35.5. The Balaban J connectivity index is 1.13. The second-order valence-electron chi connectivity index (χ2n) is 9.46. The summed E-state index contributed by atoms with van der Waals surface area (Å²) in [5.74, 6) is 1.06. The molecule has 1 saturated heterocycles. The minimum absolute atomic E-state index is 0.133. The lowest BCUT2D eigenvalue weighted by atomic mass is 10.0. The van der Waals surface area contributed by atoms with Crippen molar-refractivity contribution < 1.29 is 18.4 Å². The van der Waals surface area contributed by atoms with Crippen LogP contribution in [0.4, 0.5) is 10.1 Å². The molecule has 3 N–H and O–H groups in total. The van der Waals surface area contributed by atoms with Crippen LogP contribution in [-0.2, 0) is 9.63 Å². The number of hydrogen-bond acceptors (Lipinski definition) is 7. The van der Waals surface area contributed by atoms with Gasteiger partial charge in [0.2, 0.25) is 11.9 Å². The summed E-state index contributed by atoms with van der Waals surface area (Å²) in [6.45, 7) is 4.08. The molecule has 0 bridgehead atoms. The molecular weight excluding hydrogens is 537 g/mol. The van der Waals surface area contributed by atoms with E-state index in [-0.39, 0.29) is 23.8 Å². The maximum absolute atomic E-state index is 15.1. The van der Waals surface area contributed by atoms with Gasteiger partial charge in [-0.05, 0) is 48.5 Å². The lowest BCUT2D eigenvalue weighted by molar-refractivity contribution is -0.119. The zero-order valence-corrected chi connectivity index (χ0v) is 22.6. The van der Waals surface area contributed by atoms with Crippen LogP contribution in [0.25, 0.3) is 11.3 Å². The smallest absolute Gasteiger partial charge is 0.217 e. The molecule has 0 spiro atoms. The van der Waals surface area contributed by atoms with Gasteiger partial charge in [-0.1, -0.05) is 22.8 Å². The molecule has 2 aromatic carbocycles. The van der Waals surface area contributed by atoms with Gasteiger partial charge in [0.1, 0.15) is 23.4 Å². The van der Waals surface area contributed by atoms with Gasteiger partial charge < -0.3 is 30.1 Å². The van der Waals surface area contributed by atoms with E-state index in [0.717, 1.165) is 5.56 Å². The molecule has 12 heteroatoms. The van der Waals surface area contributed by atoms with Gasteiger partial charge in [0.05, 0.1) is 24.2 Å². The Kier molecular flexibility index (Phi) is 8.30. The number of guanidine groups is 1. The van der Waals surface area contributed by atoms with E-state index in [9.17, 15) is 4.79 Å². The van der Waals surface area contributed by atoms with Gasteiger partial charge in [0.25, 0.3) is 0 Å². The van der Waals surface area contributed by atoms with E-state index in [4.69, 9.17) is 26.6 Å². The lowest BCUT2D eigenvalue weighted by Crippen LogP contribution is -2.51. The van der Waals surface area contributed by atoms with E-state index in [1.165, 1.54) is 19.2 Å². The number of benzene rings is 2. The number of nitrogens with two attached hydrogens (primary N) is 1. The highest BCUT2D eigenvalue weighted by molar-refractivity contribution is 6.30. The summed E-state index contributed by atoms with van der Waals surface area (Å²) in [5.41, 5.74) is 8.90. The standard InChI is InChI=1S/C28H29ClFN7O3/c1-18(38)32-16-23-15-25(35-40-23)20-4-8-26(24(30)14-20)36-10-12-37(13-11-36)28(31)34-33-17-22-7-9-27(39-22)19-2-5-21(29)6-3-19/h2-9,14,17,23H,10-13,15-16H2,1H3,(H2,31,34)(H,32,38). The number of furan rings is 1. The number of hydrogen-bond donors (Lipinski definition) is 2. The molecule has 1 fully saturated rings. The molecule has 1 aromatic heterocycles. The molecule has 208 valence electrons. The molecule has 2 aliphatic heterocycles. The molecule has 1 atom stereocenters. The zero-order chi connectivity index (χ0) is 28.1. The van der Waals surface area contributed by atoms with E-state index < -0.39 is 0 Å². The number of carbonyl (C=O) groups is 1. The van der Waals surface area contributed by atoms with Crippen molar-refractivity contribution in [2.45, 2.75) is 19.4 Å². The van der Waals surface area contributed by atoms with Gasteiger partial charge in [0, 0.05) is 55.7 Å². The van der Waals surface area contributed by atoms with E-state index in [2.05, 4.69) is 20.7 Å². The van der Waals surface area contributed by atoms with Gasteiger partial charge >= 0.3 is 0 Å². The van der Waals surface area contributed by atoms with Crippen molar-refractivity contribution in [3.05, 3.63) is 76.8 Å². The van der Waals surface area contributed by atoms with E-state index in [0.29, 0.717) is 72.7 Å². The van der Waals surface area contributed by atoms with Gasteiger partial charge in [-0.2, -0.15) is 5.10 Å². The van der Waals surface area contributed by atoms with Crippen LogP contribution in [0.15, 0.2) is 74.4 Å². The lowest BCUT2D eigenvalue weighted by Gasteiger charge is -2.36. The van der Waals surface area contributed by atoms with Crippen LogP contribution in [0, 0.1) is 5.82 Å². The summed E-state index contributed by atoms with van der Waals surface area (Å²) in [6, 6.07) is 16.1. The predicted molar refractivity (Wildman–Crippen MR) is 153 cm³/mol. The second-order valence-corrected chi connectivity index (χ2v) is 9.90. The van der Waals surface area contributed by atoms with Gasteiger partial charge in [-0.25, -0.2) is 4.39 Å². The molecule has 0 aliphatic carbocycles. The molecule has 10 nitrogen and oxygen atoms in total. The highest BCUT2D eigenvalue weighted by Gasteiger charge is 2.25. The third kappa shape index (κ3) is 6.60. The summed E-state index contributed by atoms with van der Waals surface area (Å²) in [4.78, 5) is 20.3. The van der Waals surface area contributed by atoms with Gasteiger partial charge in [0.15, 0.2) is 0 Å². The van der Waals surface area contributed by atoms with Crippen molar-refractivity contribution in [2.24, 2.45) is 21.1 Å². The Bertz CT molecular complexity index is 1450. The maximum Gasteiger partial charge on any atom is 0.217 e. The molecule has 2 aliphatic rings. The Morgan fingerprint density at radius 3 is 2.62 bits per heavy atom. The molecule has 40 heavy (non-hydrogen) atoms. The van der Waals surface area contributed by atoms with Gasteiger partial charge in [-0.15, -0.1) is 5.10 Å². The van der Waals surface area contributed by atoms with Crippen molar-refractivity contribution in [2.75, 3.05) is 37.6 Å². The number of rotatable bonds is 7. The number of carbonyl (C=O) groups excluding carboxylic acids is 1. The second kappa shape index (κ2) is 12.2. The average Bonchev–Trinajstić information content (AvgIpc) is 3.63. The Morgan fingerprint density at radius 2 is 1.90 bits per heavy atom. The number of nitrogens with one attached hydrogen (secondary N) is 1. The summed E-state index contributed by atoms with van der Waals surface area (Å²) < 4.78 is 20.8. The molecule has 0 saturated carbocycles. The molecule has 0 radical (unpaired) electrons. The molecule has 1 unspecified atom stereocenters. The first-order valence-electron chi connectivity index (χ1n) is 12.8. The Hall–Kier alpha value is -4.38. The van der Waals surface area contributed by atoms with Crippen molar-refractivity contribution in [3.8, 4) is 11.3 Å². The minimum Gasteiger partial charge on any atom is -0.455 e. The number of nitrogens with zero attached hydrogens (tertiary/aromatic N) is 5. The Morgan fingerprint density at radius 1 is 1.15 bits per heavy atom. The van der Waals surface area contributed by atoms with Crippen LogP contribution in [0.1, 0.15) is 24.7 Å².